The van der Waals surface area contributed by atoms with E-state index in [1.807, 2.05) is 0 Å². The van der Waals surface area contributed by atoms with Gasteiger partial charge in [0.2, 0.25) is 0 Å². The molecule has 5 atom stereocenters. The molecular weight excluding hydrogens is 1050 g/mol. The molecule has 0 amide bonds. The number of hydrogen-bond acceptors (Lipinski definition) is 15. The SMILES string of the molecule is CCCCCCCCCCCCCCCCCC(=O)O[C@H](COC(=O)CCCCCCCCCCCCC)COP(=O)(O)OC[C@@H](O)COP(=O)(O)OC[C@@H](COC(=O)CCCCCCC)OC(=O)CCCCCCCCCC. The summed E-state index contributed by atoms with van der Waals surface area (Å²) >= 11 is 0. The molecule has 0 saturated carbocycles. The number of hydrogen-bond donors (Lipinski definition) is 3. The third kappa shape index (κ3) is 55.0. The van der Waals surface area contributed by atoms with Gasteiger partial charge in [-0.25, -0.2) is 9.13 Å². The summed E-state index contributed by atoms with van der Waals surface area (Å²) in [5.74, 6) is -2.15. The molecule has 0 aliphatic heterocycles. The molecule has 2 unspecified atom stereocenters. The Morgan fingerprint density at radius 1 is 0.304 bits per heavy atom. The average molecular weight is 1170 g/mol. The van der Waals surface area contributed by atoms with Crippen LogP contribution in [-0.2, 0) is 65.4 Å². The Hall–Kier alpha value is -1.94. The molecule has 19 heteroatoms. The molecule has 0 radical (unpaired) electrons. The van der Waals surface area contributed by atoms with Gasteiger partial charge in [0.25, 0.3) is 0 Å². The van der Waals surface area contributed by atoms with Crippen LogP contribution < -0.4 is 0 Å². The Balaban J connectivity index is 5.15. The lowest BCUT2D eigenvalue weighted by atomic mass is 10.0. The van der Waals surface area contributed by atoms with Crippen molar-refractivity contribution in [3.63, 3.8) is 0 Å². The van der Waals surface area contributed by atoms with Gasteiger partial charge in [-0.3, -0.25) is 37.3 Å². The summed E-state index contributed by atoms with van der Waals surface area (Å²) in [6, 6.07) is 0. The van der Waals surface area contributed by atoms with Crippen LogP contribution >= 0.6 is 15.6 Å². The number of phosphoric ester groups is 2. The summed E-state index contributed by atoms with van der Waals surface area (Å²) in [5, 5.41) is 10.5. The fourth-order valence-corrected chi connectivity index (χ4v) is 10.5. The molecular formula is C60H116O17P2. The summed E-state index contributed by atoms with van der Waals surface area (Å²) < 4.78 is 67.6. The van der Waals surface area contributed by atoms with Gasteiger partial charge in [-0.1, -0.05) is 252 Å². The van der Waals surface area contributed by atoms with Crippen LogP contribution in [0.3, 0.4) is 0 Å². The first kappa shape index (κ1) is 77.1. The zero-order valence-corrected chi connectivity index (χ0v) is 52.1. The third-order valence-corrected chi connectivity index (χ3v) is 15.8. The second-order valence-corrected chi connectivity index (χ2v) is 24.6. The summed E-state index contributed by atoms with van der Waals surface area (Å²) in [6.07, 6.45) is 39.3. The molecule has 0 saturated heterocycles. The number of carbonyl (C=O) groups excluding carboxylic acids is 4. The highest BCUT2D eigenvalue weighted by molar-refractivity contribution is 7.47. The third-order valence-electron chi connectivity index (χ3n) is 13.9. The van der Waals surface area contributed by atoms with E-state index in [2.05, 4.69) is 27.7 Å². The van der Waals surface area contributed by atoms with Gasteiger partial charge in [0, 0.05) is 25.7 Å². The smallest absolute Gasteiger partial charge is 0.462 e. The Bertz CT molecular complexity index is 1540. The molecule has 0 aromatic carbocycles. The highest BCUT2D eigenvalue weighted by Crippen LogP contribution is 2.45. The molecule has 3 N–H and O–H groups in total. The second-order valence-electron chi connectivity index (χ2n) is 21.7. The van der Waals surface area contributed by atoms with Crippen molar-refractivity contribution in [2.75, 3.05) is 39.6 Å². The van der Waals surface area contributed by atoms with E-state index in [0.717, 1.165) is 103 Å². The van der Waals surface area contributed by atoms with Gasteiger partial charge in [-0.15, -0.1) is 0 Å². The van der Waals surface area contributed by atoms with Gasteiger partial charge >= 0.3 is 39.5 Å². The lowest BCUT2D eigenvalue weighted by Crippen LogP contribution is -2.30. The van der Waals surface area contributed by atoms with Crippen molar-refractivity contribution in [3.8, 4) is 0 Å². The van der Waals surface area contributed by atoms with Gasteiger partial charge in [-0.05, 0) is 25.7 Å². The first-order valence-corrected chi connectivity index (χ1v) is 34.8. The van der Waals surface area contributed by atoms with Crippen LogP contribution in [-0.4, -0.2) is 96.7 Å². The minimum Gasteiger partial charge on any atom is -0.462 e. The minimum atomic E-state index is -4.94. The Labute approximate surface area is 479 Å². The number of ether oxygens (including phenoxy) is 4. The van der Waals surface area contributed by atoms with Crippen LogP contribution in [0.25, 0.3) is 0 Å². The first-order valence-electron chi connectivity index (χ1n) is 31.8. The average Bonchev–Trinajstić information content (AvgIpc) is 3.42. The molecule has 0 fully saturated rings. The molecule has 79 heavy (non-hydrogen) atoms. The van der Waals surface area contributed by atoms with Gasteiger partial charge in [0.15, 0.2) is 12.2 Å². The first-order chi connectivity index (χ1) is 38.2. The van der Waals surface area contributed by atoms with Gasteiger partial charge in [0.05, 0.1) is 26.4 Å². The number of esters is 4. The number of aliphatic hydroxyl groups excluding tert-OH is 1. The number of rotatable bonds is 61. The fraction of sp³-hybridized carbons (Fsp3) is 0.933. The Kier molecular flexibility index (Phi) is 53.9. The van der Waals surface area contributed by atoms with Crippen molar-refractivity contribution < 1.29 is 80.2 Å². The molecule has 468 valence electrons. The van der Waals surface area contributed by atoms with E-state index in [4.69, 9.17) is 37.0 Å². The predicted molar refractivity (Wildman–Crippen MR) is 312 cm³/mol. The summed E-state index contributed by atoms with van der Waals surface area (Å²) in [6.45, 7) is 4.75. The lowest BCUT2D eigenvalue weighted by Gasteiger charge is -2.21. The van der Waals surface area contributed by atoms with Crippen molar-refractivity contribution in [2.45, 2.75) is 322 Å². The number of unbranched alkanes of at least 4 members (excludes halogenated alkanes) is 35. The number of carbonyl (C=O) groups is 4. The summed E-state index contributed by atoms with van der Waals surface area (Å²) in [5.41, 5.74) is 0. The van der Waals surface area contributed by atoms with Crippen LogP contribution in [0.5, 0.6) is 0 Å². The molecule has 0 bridgehead atoms. The normalized spacial score (nSPS) is 14.3. The quantitative estimate of drug-likeness (QED) is 0.0222. The zero-order valence-electron chi connectivity index (χ0n) is 50.3. The maximum absolute atomic E-state index is 12.9. The van der Waals surface area contributed by atoms with Crippen molar-refractivity contribution in [1.29, 1.82) is 0 Å². The van der Waals surface area contributed by atoms with Gasteiger partial charge in [0.1, 0.15) is 19.3 Å². The van der Waals surface area contributed by atoms with Crippen LogP contribution in [0.2, 0.25) is 0 Å². The minimum absolute atomic E-state index is 0.104. The van der Waals surface area contributed by atoms with Crippen molar-refractivity contribution in [2.24, 2.45) is 0 Å². The second kappa shape index (κ2) is 55.3. The van der Waals surface area contributed by atoms with E-state index in [1.54, 1.807) is 0 Å². The molecule has 0 rings (SSSR count). The van der Waals surface area contributed by atoms with E-state index in [0.29, 0.717) is 25.7 Å². The number of aliphatic hydroxyl groups is 1. The number of phosphoric acid groups is 2. The molecule has 0 heterocycles. The van der Waals surface area contributed by atoms with Crippen molar-refractivity contribution in [3.05, 3.63) is 0 Å². The van der Waals surface area contributed by atoms with E-state index >= 15 is 0 Å². The summed E-state index contributed by atoms with van der Waals surface area (Å²) in [7, 11) is -9.86. The maximum Gasteiger partial charge on any atom is 0.472 e. The topological polar surface area (TPSA) is 237 Å². The molecule has 17 nitrogen and oxygen atoms in total. The van der Waals surface area contributed by atoms with Crippen LogP contribution in [0.4, 0.5) is 0 Å². The largest absolute Gasteiger partial charge is 0.472 e. The highest BCUT2D eigenvalue weighted by Gasteiger charge is 2.30. The fourth-order valence-electron chi connectivity index (χ4n) is 8.93. The van der Waals surface area contributed by atoms with Crippen LogP contribution in [0.15, 0.2) is 0 Å². The van der Waals surface area contributed by atoms with E-state index in [-0.39, 0.29) is 25.7 Å². The molecule has 0 spiro atoms. The predicted octanol–water partition coefficient (Wildman–Crippen LogP) is 16.4. The van der Waals surface area contributed by atoms with Crippen molar-refractivity contribution in [1.82, 2.24) is 0 Å². The van der Waals surface area contributed by atoms with Crippen molar-refractivity contribution >= 4 is 39.5 Å². The van der Waals surface area contributed by atoms with E-state index in [9.17, 15) is 43.2 Å². The lowest BCUT2D eigenvalue weighted by molar-refractivity contribution is -0.161. The summed E-state index contributed by atoms with van der Waals surface area (Å²) in [4.78, 5) is 71.7. The molecule has 0 aromatic rings. The van der Waals surface area contributed by atoms with Crippen LogP contribution in [0.1, 0.15) is 304 Å². The molecule has 0 aromatic heterocycles. The van der Waals surface area contributed by atoms with Gasteiger partial charge in [-0.2, -0.15) is 0 Å². The van der Waals surface area contributed by atoms with Gasteiger partial charge < -0.3 is 33.8 Å². The maximum atomic E-state index is 12.9. The standard InChI is InChI=1S/C60H116O17P2/c1-5-9-13-17-20-23-25-26-27-28-30-32-35-39-43-47-60(65)77-56(51-71-58(63)45-41-37-34-31-29-24-21-18-14-10-6-2)53-75-79(68,69)73-49-54(61)48-72-78(66,67)74-52-55(50-70-57(62)44-40-36-16-12-8-4)76-59(64)46-42-38-33-22-19-15-11-7-3/h54-56,61H,5-53H2,1-4H3,(H,66,67)(H,68,69)/t54-,55+,56+/m0/s1. The van der Waals surface area contributed by atoms with E-state index in [1.165, 1.54) is 122 Å². The Morgan fingerprint density at radius 3 is 0.747 bits per heavy atom. The van der Waals surface area contributed by atoms with E-state index < -0.39 is 97.5 Å². The molecule has 0 aliphatic rings. The Morgan fingerprint density at radius 2 is 0.506 bits per heavy atom. The van der Waals surface area contributed by atoms with Crippen LogP contribution in [0, 0.1) is 0 Å². The zero-order chi connectivity index (χ0) is 58.3. The molecule has 0 aliphatic carbocycles. The highest BCUT2D eigenvalue weighted by atomic mass is 31.2. The monoisotopic (exact) mass is 1170 g/mol.